The van der Waals surface area contributed by atoms with Gasteiger partial charge in [-0.05, 0) is 0 Å². The Labute approximate surface area is 99.9 Å². The molecule has 0 fully saturated rings. The highest BCUT2D eigenvalue weighted by Crippen LogP contribution is 2.22. The molecule has 0 aliphatic rings. The van der Waals surface area contributed by atoms with Crippen LogP contribution >= 0.6 is 63.7 Å². The Morgan fingerprint density at radius 2 is 1.27 bits per heavy atom. The zero-order valence-electron chi connectivity index (χ0n) is 5.31. The average Bonchev–Trinajstić information content (AvgIpc) is 2.01. The van der Waals surface area contributed by atoms with Gasteiger partial charge in [-0.1, -0.05) is 63.7 Å². The summed E-state index contributed by atoms with van der Waals surface area (Å²) in [4.78, 5) is 0. The second-order valence-corrected chi connectivity index (χ2v) is 8.75. The van der Waals surface area contributed by atoms with E-state index in [-0.39, 0.29) is 0 Å². The minimum atomic E-state index is -3.10. The van der Waals surface area contributed by atoms with Gasteiger partial charge in [-0.3, -0.25) is 0 Å². The van der Waals surface area contributed by atoms with E-state index in [2.05, 4.69) is 63.7 Å². The molecule has 0 aromatic heterocycles. The van der Waals surface area contributed by atoms with Crippen molar-refractivity contribution >= 4 is 73.6 Å². The van der Waals surface area contributed by atoms with Crippen molar-refractivity contribution in [3.05, 3.63) is 0 Å². The summed E-state index contributed by atoms with van der Waals surface area (Å²) < 4.78 is 21.6. The van der Waals surface area contributed by atoms with Crippen LogP contribution in [0.4, 0.5) is 0 Å². The lowest BCUT2D eigenvalue weighted by Crippen LogP contribution is -2.26. The number of sulfone groups is 1. The first kappa shape index (κ1) is 12.9. The monoisotopic (exact) mass is 434 g/mol. The van der Waals surface area contributed by atoms with Gasteiger partial charge in [0.1, 0.15) is 8.32 Å². The van der Waals surface area contributed by atoms with Gasteiger partial charge in [0.05, 0.1) is 0 Å². The maximum Gasteiger partial charge on any atom is 0.177 e. The fourth-order valence-corrected chi connectivity index (χ4v) is 5.65. The predicted molar refractivity (Wildman–Crippen MR) is 61.9 cm³/mol. The summed E-state index contributed by atoms with van der Waals surface area (Å²) in [5.41, 5.74) is 0. The van der Waals surface area contributed by atoms with Gasteiger partial charge < -0.3 is 0 Å². The second-order valence-electron chi connectivity index (χ2n) is 1.72. The summed E-state index contributed by atoms with van der Waals surface area (Å²) in [6, 6.07) is 0. The molecule has 0 heterocycles. The van der Waals surface area contributed by atoms with E-state index in [4.69, 9.17) is 0 Å². The molecular weight excluding hydrogens is 432 g/mol. The molecule has 0 aliphatic heterocycles. The standard InChI is InChI=1S/C4H6Br4O2S/c5-1-3(7)11(9,10)4(8)2-6/h3-4H,1-2H2/t3-,4-/m1/s1. The van der Waals surface area contributed by atoms with Crippen LogP contribution in [0.25, 0.3) is 0 Å². The number of hydrogen-bond acceptors (Lipinski definition) is 2. The van der Waals surface area contributed by atoms with Crippen LogP contribution in [-0.4, -0.2) is 27.4 Å². The van der Waals surface area contributed by atoms with Crippen molar-refractivity contribution in [2.75, 3.05) is 10.7 Å². The molecule has 0 aromatic rings. The van der Waals surface area contributed by atoms with Gasteiger partial charge >= 0.3 is 0 Å². The van der Waals surface area contributed by atoms with Gasteiger partial charge in [-0.25, -0.2) is 8.42 Å². The Kier molecular flexibility index (Phi) is 6.52. The molecule has 7 heteroatoms. The molecule has 0 saturated carbocycles. The molecule has 0 rings (SSSR count). The molecule has 11 heavy (non-hydrogen) atoms. The largest absolute Gasteiger partial charge is 0.226 e. The first-order valence-electron chi connectivity index (χ1n) is 2.59. The number of rotatable bonds is 4. The summed E-state index contributed by atoms with van der Waals surface area (Å²) in [7, 11) is -3.10. The maximum atomic E-state index is 11.3. The molecule has 0 bridgehead atoms. The van der Waals surface area contributed by atoms with Gasteiger partial charge in [-0.15, -0.1) is 0 Å². The highest BCUT2D eigenvalue weighted by atomic mass is 79.9. The summed E-state index contributed by atoms with van der Waals surface area (Å²) in [5.74, 6) is 0. The van der Waals surface area contributed by atoms with E-state index in [1.165, 1.54) is 0 Å². The minimum Gasteiger partial charge on any atom is -0.226 e. The fraction of sp³-hybridized carbons (Fsp3) is 1.00. The van der Waals surface area contributed by atoms with Crippen molar-refractivity contribution in [2.45, 2.75) is 8.32 Å². The Morgan fingerprint density at radius 1 is 1.00 bits per heavy atom. The normalized spacial score (nSPS) is 17.8. The van der Waals surface area contributed by atoms with Crippen LogP contribution in [0.15, 0.2) is 0 Å². The van der Waals surface area contributed by atoms with E-state index < -0.39 is 18.2 Å². The van der Waals surface area contributed by atoms with Crippen molar-refractivity contribution in [2.24, 2.45) is 0 Å². The van der Waals surface area contributed by atoms with E-state index in [9.17, 15) is 8.42 Å². The van der Waals surface area contributed by atoms with Crippen molar-refractivity contribution < 1.29 is 8.42 Å². The lowest BCUT2D eigenvalue weighted by molar-refractivity contribution is 0.596. The molecule has 2 atom stereocenters. The first-order valence-corrected chi connectivity index (χ1v) is 8.28. The van der Waals surface area contributed by atoms with Gasteiger partial charge in [0.15, 0.2) is 9.84 Å². The van der Waals surface area contributed by atoms with Crippen molar-refractivity contribution in [3.63, 3.8) is 0 Å². The number of alkyl halides is 4. The van der Waals surface area contributed by atoms with Crippen LogP contribution in [0.1, 0.15) is 0 Å². The molecule has 0 spiro atoms. The van der Waals surface area contributed by atoms with Crippen molar-refractivity contribution in [1.82, 2.24) is 0 Å². The topological polar surface area (TPSA) is 34.1 Å². The van der Waals surface area contributed by atoms with Gasteiger partial charge in [0.2, 0.25) is 0 Å². The van der Waals surface area contributed by atoms with Crippen LogP contribution in [0, 0.1) is 0 Å². The predicted octanol–water partition coefficient (Wildman–Crippen LogP) is 2.63. The summed E-state index contributed by atoms with van der Waals surface area (Å²) in [6.45, 7) is 0. The van der Waals surface area contributed by atoms with E-state index in [0.717, 1.165) is 0 Å². The van der Waals surface area contributed by atoms with E-state index >= 15 is 0 Å². The zero-order chi connectivity index (χ0) is 9.07. The summed E-state index contributed by atoms with van der Waals surface area (Å²) in [5, 5.41) is 0.787. The third-order valence-corrected chi connectivity index (χ3v) is 10.4. The van der Waals surface area contributed by atoms with Gasteiger partial charge in [0.25, 0.3) is 0 Å². The molecule has 68 valence electrons. The van der Waals surface area contributed by atoms with Crippen LogP contribution in [-0.2, 0) is 9.84 Å². The van der Waals surface area contributed by atoms with Crippen LogP contribution in [0.2, 0.25) is 0 Å². The SMILES string of the molecule is O=S(=O)([C@@H](Br)CBr)[C@@H](Br)CBr. The highest BCUT2D eigenvalue weighted by molar-refractivity contribution is 9.15. The Morgan fingerprint density at radius 3 is 1.45 bits per heavy atom. The molecular formula is C4H6Br4O2S. The smallest absolute Gasteiger partial charge is 0.177 e. The van der Waals surface area contributed by atoms with Crippen molar-refractivity contribution in [1.29, 1.82) is 0 Å². The Bertz CT molecular complexity index is 186. The van der Waals surface area contributed by atoms with E-state index in [0.29, 0.717) is 10.7 Å². The molecule has 0 saturated heterocycles. The van der Waals surface area contributed by atoms with Crippen LogP contribution in [0.3, 0.4) is 0 Å². The third-order valence-electron chi connectivity index (χ3n) is 0.956. The molecule has 0 N–H and O–H groups in total. The average molecular weight is 438 g/mol. The first-order chi connectivity index (χ1) is 4.96. The van der Waals surface area contributed by atoms with E-state index in [1.54, 1.807) is 0 Å². The second kappa shape index (κ2) is 5.57. The molecule has 0 aliphatic carbocycles. The lowest BCUT2D eigenvalue weighted by atomic mass is 10.9. The third kappa shape index (κ3) is 3.62. The molecule has 2 nitrogen and oxygen atoms in total. The molecule has 0 unspecified atom stereocenters. The molecule has 0 aromatic carbocycles. The lowest BCUT2D eigenvalue weighted by Gasteiger charge is -2.11. The van der Waals surface area contributed by atoms with Crippen LogP contribution in [0.5, 0.6) is 0 Å². The minimum absolute atomic E-state index is 0.393. The van der Waals surface area contributed by atoms with E-state index in [1.807, 2.05) is 0 Å². The summed E-state index contributed by atoms with van der Waals surface area (Å²) in [6.07, 6.45) is 0. The molecule has 0 amide bonds. The van der Waals surface area contributed by atoms with Gasteiger partial charge in [-0.2, -0.15) is 0 Å². The highest BCUT2D eigenvalue weighted by Gasteiger charge is 2.28. The maximum absolute atomic E-state index is 11.3. The number of halogens is 4. The quantitative estimate of drug-likeness (QED) is 0.634. The van der Waals surface area contributed by atoms with Gasteiger partial charge in [0, 0.05) is 10.7 Å². The Balaban J connectivity index is 4.46. The van der Waals surface area contributed by atoms with Crippen LogP contribution < -0.4 is 0 Å². The molecule has 0 radical (unpaired) electrons. The summed E-state index contributed by atoms with van der Waals surface area (Å²) >= 11 is 12.3. The Hall–Kier alpha value is 1.87. The van der Waals surface area contributed by atoms with Crippen molar-refractivity contribution in [3.8, 4) is 0 Å². The fourth-order valence-electron chi connectivity index (χ4n) is 0.336. The zero-order valence-corrected chi connectivity index (χ0v) is 12.5. The number of hydrogen-bond donors (Lipinski definition) is 0.